The molecule has 1 unspecified atom stereocenters. The minimum atomic E-state index is -0.714. The van der Waals surface area contributed by atoms with E-state index in [-0.39, 0.29) is 23.6 Å². The summed E-state index contributed by atoms with van der Waals surface area (Å²) >= 11 is 0. The molecule has 0 aromatic carbocycles. The highest BCUT2D eigenvalue weighted by Crippen LogP contribution is 2.66. The van der Waals surface area contributed by atoms with E-state index in [4.69, 9.17) is 0 Å². The Kier molecular flexibility index (Phi) is 1.35. The largest absolute Gasteiger partial charge is 0.468 e. The van der Waals surface area contributed by atoms with Gasteiger partial charge in [0.1, 0.15) is 5.41 Å². The van der Waals surface area contributed by atoms with Gasteiger partial charge in [-0.3, -0.25) is 9.59 Å². The van der Waals surface area contributed by atoms with Crippen LogP contribution in [0.15, 0.2) is 0 Å². The number of esters is 1. The van der Waals surface area contributed by atoms with Crippen LogP contribution in [0.4, 0.5) is 0 Å². The highest BCUT2D eigenvalue weighted by Gasteiger charge is 2.74. The molecule has 2 saturated carbocycles. The molecule has 0 spiro atoms. The third-order valence-electron chi connectivity index (χ3n) is 3.46. The summed E-state index contributed by atoms with van der Waals surface area (Å²) < 4.78 is 4.66. The number of carbonyl (C=O) groups excluding carboxylic acids is 2. The zero-order valence-electron chi connectivity index (χ0n) is 7.29. The van der Waals surface area contributed by atoms with Crippen LogP contribution < -0.4 is 0 Å². The van der Waals surface area contributed by atoms with Crippen molar-refractivity contribution in [2.24, 2.45) is 17.3 Å². The van der Waals surface area contributed by atoms with Gasteiger partial charge < -0.3 is 4.74 Å². The molecule has 0 aliphatic heterocycles. The zero-order chi connectivity index (χ0) is 8.93. The number of rotatable bonds is 1. The van der Waals surface area contributed by atoms with Gasteiger partial charge in [-0.15, -0.1) is 0 Å². The van der Waals surface area contributed by atoms with Crippen LogP contribution in [0, 0.1) is 17.3 Å². The summed E-state index contributed by atoms with van der Waals surface area (Å²) in [6, 6.07) is 0. The molecule has 2 aliphatic carbocycles. The van der Waals surface area contributed by atoms with Crippen molar-refractivity contribution in [3.63, 3.8) is 0 Å². The van der Waals surface area contributed by atoms with Crippen molar-refractivity contribution >= 4 is 11.8 Å². The van der Waals surface area contributed by atoms with E-state index in [1.165, 1.54) is 7.11 Å². The molecule has 0 aromatic heterocycles. The number of hydrogen-bond acceptors (Lipinski definition) is 3. The highest BCUT2D eigenvalue weighted by atomic mass is 16.5. The first-order chi connectivity index (χ1) is 5.65. The third kappa shape index (κ3) is 0.586. The van der Waals surface area contributed by atoms with E-state index in [1.807, 2.05) is 6.92 Å². The predicted molar refractivity (Wildman–Crippen MR) is 41.3 cm³/mol. The van der Waals surface area contributed by atoms with Gasteiger partial charge in [-0.05, 0) is 18.3 Å². The topological polar surface area (TPSA) is 43.4 Å². The van der Waals surface area contributed by atoms with E-state index in [0.717, 1.165) is 6.42 Å². The molecule has 3 atom stereocenters. The van der Waals surface area contributed by atoms with Crippen LogP contribution in [0.25, 0.3) is 0 Å². The lowest BCUT2D eigenvalue weighted by atomic mass is 9.99. The second-order valence-corrected chi connectivity index (χ2v) is 3.72. The molecule has 12 heavy (non-hydrogen) atoms. The lowest BCUT2D eigenvalue weighted by Gasteiger charge is -2.08. The van der Waals surface area contributed by atoms with Gasteiger partial charge in [0.2, 0.25) is 0 Å². The van der Waals surface area contributed by atoms with E-state index in [9.17, 15) is 9.59 Å². The molecule has 66 valence electrons. The van der Waals surface area contributed by atoms with Gasteiger partial charge in [-0.25, -0.2) is 0 Å². The van der Waals surface area contributed by atoms with Crippen molar-refractivity contribution < 1.29 is 14.3 Å². The SMILES string of the molecule is COC(=O)[C@@]12C(=O)CCC1[C@@H]2C. The van der Waals surface area contributed by atoms with E-state index >= 15 is 0 Å². The summed E-state index contributed by atoms with van der Waals surface area (Å²) in [6.07, 6.45) is 1.43. The molecule has 0 heterocycles. The van der Waals surface area contributed by atoms with E-state index in [0.29, 0.717) is 6.42 Å². The first-order valence-corrected chi connectivity index (χ1v) is 4.27. The number of methoxy groups -OCH3 is 1. The fourth-order valence-corrected chi connectivity index (χ4v) is 2.70. The van der Waals surface area contributed by atoms with Gasteiger partial charge in [0.15, 0.2) is 5.78 Å². The van der Waals surface area contributed by atoms with Crippen LogP contribution in [-0.4, -0.2) is 18.9 Å². The van der Waals surface area contributed by atoms with Crippen molar-refractivity contribution in [1.29, 1.82) is 0 Å². The molecule has 3 nitrogen and oxygen atoms in total. The Morgan fingerprint density at radius 2 is 2.33 bits per heavy atom. The van der Waals surface area contributed by atoms with Gasteiger partial charge in [-0.2, -0.15) is 0 Å². The van der Waals surface area contributed by atoms with Crippen LogP contribution >= 0.6 is 0 Å². The summed E-state index contributed by atoms with van der Waals surface area (Å²) in [4.78, 5) is 22.8. The lowest BCUT2D eigenvalue weighted by Crippen LogP contribution is -2.27. The Balaban J connectivity index is 2.31. The summed E-state index contributed by atoms with van der Waals surface area (Å²) in [5.41, 5.74) is -0.714. The maximum absolute atomic E-state index is 11.4. The molecule has 0 N–H and O–H groups in total. The number of ether oxygens (including phenoxy) is 1. The minimum absolute atomic E-state index is 0.0897. The minimum Gasteiger partial charge on any atom is -0.468 e. The molecule has 3 heteroatoms. The van der Waals surface area contributed by atoms with Gasteiger partial charge in [0, 0.05) is 6.42 Å². The van der Waals surface area contributed by atoms with Crippen molar-refractivity contribution in [3.8, 4) is 0 Å². The predicted octanol–water partition coefficient (Wildman–Crippen LogP) is 0.775. The molecule has 0 bridgehead atoms. The van der Waals surface area contributed by atoms with Crippen LogP contribution in [0.5, 0.6) is 0 Å². The van der Waals surface area contributed by atoms with Crippen LogP contribution in [0.1, 0.15) is 19.8 Å². The molecule has 0 amide bonds. The van der Waals surface area contributed by atoms with Crippen molar-refractivity contribution in [2.45, 2.75) is 19.8 Å². The van der Waals surface area contributed by atoms with Crippen molar-refractivity contribution in [2.75, 3.05) is 7.11 Å². The average molecular weight is 168 g/mol. The van der Waals surface area contributed by atoms with Gasteiger partial charge in [0.25, 0.3) is 0 Å². The summed E-state index contributed by atoms with van der Waals surface area (Å²) in [7, 11) is 1.35. The van der Waals surface area contributed by atoms with E-state index in [2.05, 4.69) is 4.74 Å². The second kappa shape index (κ2) is 2.09. The molecule has 2 fully saturated rings. The van der Waals surface area contributed by atoms with Crippen molar-refractivity contribution in [1.82, 2.24) is 0 Å². The standard InChI is InChI=1S/C9H12O3/c1-5-6-3-4-7(10)9(5,6)8(11)12-2/h5-6H,3-4H2,1-2H3/t5-,6?,9+/m0/s1. The summed E-state index contributed by atoms with van der Waals surface area (Å²) in [5, 5.41) is 0. The van der Waals surface area contributed by atoms with Gasteiger partial charge in [-0.1, -0.05) is 6.92 Å². The Bertz CT molecular complexity index is 258. The summed E-state index contributed by atoms with van der Waals surface area (Å²) in [5.74, 6) is 0.262. The monoisotopic (exact) mass is 168 g/mol. The van der Waals surface area contributed by atoms with Crippen LogP contribution in [-0.2, 0) is 14.3 Å². The number of fused-ring (bicyclic) bond motifs is 1. The van der Waals surface area contributed by atoms with E-state index < -0.39 is 5.41 Å². The molecule has 0 radical (unpaired) electrons. The first kappa shape index (κ1) is 7.77. The quantitative estimate of drug-likeness (QED) is 0.429. The van der Waals surface area contributed by atoms with Crippen molar-refractivity contribution in [3.05, 3.63) is 0 Å². The molecular formula is C9H12O3. The third-order valence-corrected chi connectivity index (χ3v) is 3.46. The molecular weight excluding hydrogens is 156 g/mol. The number of carbonyl (C=O) groups is 2. The molecule has 0 saturated heterocycles. The maximum atomic E-state index is 11.4. The lowest BCUT2D eigenvalue weighted by molar-refractivity contribution is -0.151. The smallest absolute Gasteiger partial charge is 0.319 e. The Morgan fingerprint density at radius 3 is 2.75 bits per heavy atom. The van der Waals surface area contributed by atoms with Crippen LogP contribution in [0.3, 0.4) is 0 Å². The normalized spacial score (nSPS) is 44.0. The van der Waals surface area contributed by atoms with Gasteiger partial charge >= 0.3 is 5.97 Å². The fourth-order valence-electron chi connectivity index (χ4n) is 2.70. The fraction of sp³-hybridized carbons (Fsp3) is 0.778. The average Bonchev–Trinajstić information content (AvgIpc) is 2.48. The molecule has 0 aromatic rings. The van der Waals surface area contributed by atoms with E-state index in [1.54, 1.807) is 0 Å². The highest BCUT2D eigenvalue weighted by molar-refractivity contribution is 6.09. The summed E-state index contributed by atoms with van der Waals surface area (Å²) in [6.45, 7) is 1.96. The number of hydrogen-bond donors (Lipinski definition) is 0. The Labute approximate surface area is 71.1 Å². The van der Waals surface area contributed by atoms with Crippen LogP contribution in [0.2, 0.25) is 0 Å². The molecule has 2 rings (SSSR count). The Hall–Kier alpha value is -0.860. The second-order valence-electron chi connectivity index (χ2n) is 3.72. The first-order valence-electron chi connectivity index (χ1n) is 4.27. The number of Topliss-reactive ketones (excluding diaryl/α,β-unsaturated/α-hetero) is 1. The zero-order valence-corrected chi connectivity index (χ0v) is 7.29. The Morgan fingerprint density at radius 1 is 1.67 bits per heavy atom. The number of ketones is 1. The molecule has 2 aliphatic rings. The van der Waals surface area contributed by atoms with Gasteiger partial charge in [0.05, 0.1) is 7.11 Å². The maximum Gasteiger partial charge on any atom is 0.319 e.